The van der Waals surface area contributed by atoms with E-state index in [2.05, 4.69) is 20.6 Å². The second-order valence-corrected chi connectivity index (χ2v) is 3.65. The van der Waals surface area contributed by atoms with E-state index in [0.717, 1.165) is 12.8 Å². The van der Waals surface area contributed by atoms with Crippen molar-refractivity contribution < 1.29 is 4.79 Å². The predicted molar refractivity (Wildman–Crippen MR) is 57.6 cm³/mol. The molecule has 1 aliphatic rings. The van der Waals surface area contributed by atoms with Crippen LogP contribution in [0.4, 0.5) is 11.5 Å². The standard InChI is InChI=1S/C10H14N4O/c1-3-10(4-2)9(15)13-7-5-11-6-12-8(7)14-10/h5-6H,3-4H2,1-2H3,(H,13,15)(H,11,12,14). The monoisotopic (exact) mass is 206 g/mol. The lowest BCUT2D eigenvalue weighted by molar-refractivity contribution is -0.120. The minimum atomic E-state index is -0.526. The summed E-state index contributed by atoms with van der Waals surface area (Å²) in [6.07, 6.45) is 4.54. The van der Waals surface area contributed by atoms with Crippen molar-refractivity contribution in [2.75, 3.05) is 10.6 Å². The van der Waals surface area contributed by atoms with Crippen LogP contribution in [0.3, 0.4) is 0 Å². The van der Waals surface area contributed by atoms with Gasteiger partial charge in [0.15, 0.2) is 5.82 Å². The molecule has 0 fully saturated rings. The van der Waals surface area contributed by atoms with Crippen molar-refractivity contribution in [3.8, 4) is 0 Å². The summed E-state index contributed by atoms with van der Waals surface area (Å²) in [5.41, 5.74) is 0.126. The quantitative estimate of drug-likeness (QED) is 0.767. The zero-order valence-electron chi connectivity index (χ0n) is 8.87. The average Bonchev–Trinajstić information content (AvgIpc) is 2.28. The van der Waals surface area contributed by atoms with Gasteiger partial charge in [-0.1, -0.05) is 13.8 Å². The van der Waals surface area contributed by atoms with Gasteiger partial charge in [-0.2, -0.15) is 0 Å². The van der Waals surface area contributed by atoms with Crippen molar-refractivity contribution in [3.63, 3.8) is 0 Å². The summed E-state index contributed by atoms with van der Waals surface area (Å²) in [6.45, 7) is 3.98. The van der Waals surface area contributed by atoms with Crippen molar-refractivity contribution in [2.45, 2.75) is 32.2 Å². The fourth-order valence-corrected chi connectivity index (χ4v) is 1.79. The second kappa shape index (κ2) is 3.49. The van der Waals surface area contributed by atoms with Gasteiger partial charge in [-0.15, -0.1) is 0 Å². The highest BCUT2D eigenvalue weighted by Gasteiger charge is 2.39. The van der Waals surface area contributed by atoms with Crippen molar-refractivity contribution in [1.82, 2.24) is 9.97 Å². The van der Waals surface area contributed by atoms with E-state index < -0.39 is 5.54 Å². The van der Waals surface area contributed by atoms with Crippen LogP contribution in [0.5, 0.6) is 0 Å². The van der Waals surface area contributed by atoms with Gasteiger partial charge in [0.2, 0.25) is 5.91 Å². The van der Waals surface area contributed by atoms with Crippen LogP contribution in [-0.2, 0) is 4.79 Å². The third-order valence-electron chi connectivity index (χ3n) is 2.96. The number of carbonyl (C=O) groups excluding carboxylic acids is 1. The van der Waals surface area contributed by atoms with E-state index in [1.54, 1.807) is 6.20 Å². The number of nitrogens with one attached hydrogen (secondary N) is 2. The first-order chi connectivity index (χ1) is 7.22. The highest BCUT2D eigenvalue weighted by atomic mass is 16.2. The van der Waals surface area contributed by atoms with Gasteiger partial charge >= 0.3 is 0 Å². The van der Waals surface area contributed by atoms with E-state index in [4.69, 9.17) is 0 Å². The Balaban J connectivity index is 2.41. The summed E-state index contributed by atoms with van der Waals surface area (Å²) in [7, 11) is 0. The van der Waals surface area contributed by atoms with Gasteiger partial charge in [-0.3, -0.25) is 4.79 Å². The lowest BCUT2D eigenvalue weighted by Gasteiger charge is -2.36. The molecule has 5 heteroatoms. The van der Waals surface area contributed by atoms with Crippen LogP contribution >= 0.6 is 0 Å². The highest BCUT2D eigenvalue weighted by molar-refractivity contribution is 6.05. The lowest BCUT2D eigenvalue weighted by Crippen LogP contribution is -2.51. The molecule has 1 aromatic rings. The number of anilines is 2. The number of rotatable bonds is 2. The third kappa shape index (κ3) is 1.44. The Morgan fingerprint density at radius 3 is 2.80 bits per heavy atom. The molecule has 2 rings (SSSR count). The summed E-state index contributed by atoms with van der Waals surface area (Å²) in [4.78, 5) is 19.9. The van der Waals surface area contributed by atoms with E-state index >= 15 is 0 Å². The number of nitrogens with zero attached hydrogens (tertiary/aromatic N) is 2. The number of fused-ring (bicyclic) bond motifs is 1. The minimum Gasteiger partial charge on any atom is -0.354 e. The topological polar surface area (TPSA) is 66.9 Å². The third-order valence-corrected chi connectivity index (χ3v) is 2.96. The molecule has 0 aliphatic carbocycles. The fraction of sp³-hybridized carbons (Fsp3) is 0.500. The Labute approximate surface area is 88.3 Å². The predicted octanol–water partition coefficient (Wildman–Crippen LogP) is 1.40. The number of aromatic nitrogens is 2. The number of amides is 1. The maximum Gasteiger partial charge on any atom is 0.250 e. The molecule has 1 aromatic heterocycles. The van der Waals surface area contributed by atoms with Gasteiger partial charge < -0.3 is 10.6 Å². The Morgan fingerprint density at radius 1 is 1.40 bits per heavy atom. The summed E-state index contributed by atoms with van der Waals surface area (Å²) >= 11 is 0. The molecule has 5 nitrogen and oxygen atoms in total. The number of hydrogen-bond acceptors (Lipinski definition) is 4. The largest absolute Gasteiger partial charge is 0.354 e. The Kier molecular flexibility index (Phi) is 2.30. The lowest BCUT2D eigenvalue weighted by atomic mass is 9.90. The molecule has 80 valence electrons. The fourth-order valence-electron chi connectivity index (χ4n) is 1.79. The molecular weight excluding hydrogens is 192 g/mol. The molecule has 15 heavy (non-hydrogen) atoms. The molecule has 2 heterocycles. The van der Waals surface area contributed by atoms with Crippen LogP contribution in [-0.4, -0.2) is 21.4 Å². The molecule has 1 aliphatic heterocycles. The molecule has 1 amide bonds. The van der Waals surface area contributed by atoms with E-state index in [-0.39, 0.29) is 5.91 Å². The first kappa shape index (κ1) is 9.89. The van der Waals surface area contributed by atoms with E-state index in [1.807, 2.05) is 13.8 Å². The summed E-state index contributed by atoms with van der Waals surface area (Å²) in [5.74, 6) is 0.697. The van der Waals surface area contributed by atoms with Crippen LogP contribution in [0.2, 0.25) is 0 Å². The van der Waals surface area contributed by atoms with Gasteiger partial charge in [-0.25, -0.2) is 9.97 Å². The summed E-state index contributed by atoms with van der Waals surface area (Å²) < 4.78 is 0. The van der Waals surface area contributed by atoms with Crippen molar-refractivity contribution in [1.29, 1.82) is 0 Å². The zero-order chi connectivity index (χ0) is 10.9. The normalized spacial score (nSPS) is 17.6. The molecule has 0 bridgehead atoms. The SMILES string of the molecule is CCC1(CC)Nc2ncncc2NC1=O. The van der Waals surface area contributed by atoms with Crippen molar-refractivity contribution >= 4 is 17.4 Å². The van der Waals surface area contributed by atoms with Crippen LogP contribution < -0.4 is 10.6 Å². The van der Waals surface area contributed by atoms with Gasteiger partial charge in [-0.05, 0) is 12.8 Å². The van der Waals surface area contributed by atoms with Crippen molar-refractivity contribution in [2.24, 2.45) is 0 Å². The smallest absolute Gasteiger partial charge is 0.250 e. The Bertz CT molecular complexity index is 387. The maximum atomic E-state index is 11.9. The molecule has 0 aromatic carbocycles. The highest BCUT2D eigenvalue weighted by Crippen LogP contribution is 2.31. The van der Waals surface area contributed by atoms with Gasteiger partial charge in [0.1, 0.15) is 17.6 Å². The van der Waals surface area contributed by atoms with Crippen LogP contribution in [0.25, 0.3) is 0 Å². The van der Waals surface area contributed by atoms with Crippen molar-refractivity contribution in [3.05, 3.63) is 12.5 Å². The van der Waals surface area contributed by atoms with Crippen LogP contribution in [0, 0.1) is 0 Å². The van der Waals surface area contributed by atoms with Gasteiger partial charge in [0.25, 0.3) is 0 Å². The first-order valence-electron chi connectivity index (χ1n) is 5.11. The molecule has 0 saturated heterocycles. The number of hydrogen-bond donors (Lipinski definition) is 2. The van der Waals surface area contributed by atoms with Crippen LogP contribution in [0.1, 0.15) is 26.7 Å². The second-order valence-electron chi connectivity index (χ2n) is 3.65. The average molecular weight is 206 g/mol. The molecular formula is C10H14N4O. The first-order valence-corrected chi connectivity index (χ1v) is 5.11. The summed E-state index contributed by atoms with van der Waals surface area (Å²) in [5, 5.41) is 6.02. The van der Waals surface area contributed by atoms with Gasteiger partial charge in [0.05, 0.1) is 6.20 Å². The molecule has 0 saturated carbocycles. The Hall–Kier alpha value is -1.65. The maximum absolute atomic E-state index is 11.9. The molecule has 0 atom stereocenters. The molecule has 2 N–H and O–H groups in total. The molecule has 0 unspecified atom stereocenters. The van der Waals surface area contributed by atoms with Crippen LogP contribution in [0.15, 0.2) is 12.5 Å². The molecule has 0 radical (unpaired) electrons. The summed E-state index contributed by atoms with van der Waals surface area (Å²) in [6, 6.07) is 0. The Morgan fingerprint density at radius 2 is 2.13 bits per heavy atom. The zero-order valence-corrected chi connectivity index (χ0v) is 8.87. The van der Waals surface area contributed by atoms with E-state index in [0.29, 0.717) is 11.5 Å². The van der Waals surface area contributed by atoms with Gasteiger partial charge in [0, 0.05) is 0 Å². The minimum absolute atomic E-state index is 0.00481. The number of carbonyl (C=O) groups is 1. The van der Waals surface area contributed by atoms with E-state index in [1.165, 1.54) is 6.33 Å². The van der Waals surface area contributed by atoms with E-state index in [9.17, 15) is 4.79 Å². The molecule has 0 spiro atoms.